The third-order valence-electron chi connectivity index (χ3n) is 7.73. The molecule has 3 aliphatic carbocycles. The second-order valence-corrected chi connectivity index (χ2v) is 8.84. The number of aliphatic hydroxyl groups excluding tert-OH is 1. The Balaban J connectivity index is 1.86. The summed E-state index contributed by atoms with van der Waals surface area (Å²) in [5, 5.41) is 9.68. The molecule has 1 nitrogen and oxygen atoms in total. The fraction of sp³-hybridized carbons (Fsp3) is 0.739. The first-order valence-electron chi connectivity index (χ1n) is 10.2. The maximum Gasteiger partial charge on any atom is 0.108 e. The molecule has 3 rings (SSSR count). The van der Waals surface area contributed by atoms with E-state index in [2.05, 4.69) is 39.5 Å². The lowest BCUT2D eigenvalue weighted by atomic mass is 9.52. The largest absolute Gasteiger partial charge is 0.509 e. The van der Waals surface area contributed by atoms with E-state index >= 15 is 0 Å². The molecule has 0 bridgehead atoms. The Labute approximate surface area is 148 Å². The van der Waals surface area contributed by atoms with Crippen molar-refractivity contribution in [2.45, 2.75) is 72.1 Å². The standard InChI is InChI=1S/C23H36O/c1-5-7-18-10-12-22-21-11-9-17(15-16(3)24)19(8-6-2)20(21)13-14-23(18,22)4/h6,8,15,18-22,24H,3,5,7,9-14H2,1-2,4H3/b8-6?,17-15-. The van der Waals surface area contributed by atoms with Gasteiger partial charge in [0.25, 0.3) is 0 Å². The zero-order valence-electron chi connectivity index (χ0n) is 15.9. The summed E-state index contributed by atoms with van der Waals surface area (Å²) in [7, 11) is 0. The predicted octanol–water partition coefficient (Wildman–Crippen LogP) is 6.83. The Morgan fingerprint density at radius 2 is 2.04 bits per heavy atom. The fourth-order valence-electron chi connectivity index (χ4n) is 6.74. The van der Waals surface area contributed by atoms with Crippen molar-refractivity contribution in [3.63, 3.8) is 0 Å². The number of hydrogen-bond donors (Lipinski definition) is 1. The van der Waals surface area contributed by atoms with Gasteiger partial charge in [0, 0.05) is 5.92 Å². The highest BCUT2D eigenvalue weighted by Gasteiger charge is 2.55. The second-order valence-electron chi connectivity index (χ2n) is 8.84. The van der Waals surface area contributed by atoms with Gasteiger partial charge < -0.3 is 5.11 Å². The molecule has 0 aliphatic heterocycles. The lowest BCUT2D eigenvalue weighted by Gasteiger charge is -2.53. The first-order chi connectivity index (χ1) is 11.5. The molecule has 3 saturated carbocycles. The molecular formula is C23H36O. The van der Waals surface area contributed by atoms with E-state index in [0.717, 1.165) is 30.1 Å². The third kappa shape index (κ3) is 3.00. The minimum absolute atomic E-state index is 0.225. The van der Waals surface area contributed by atoms with E-state index in [1.54, 1.807) is 0 Å². The molecule has 6 unspecified atom stereocenters. The van der Waals surface area contributed by atoms with Gasteiger partial charge in [0.2, 0.25) is 0 Å². The van der Waals surface area contributed by atoms with E-state index in [9.17, 15) is 5.11 Å². The van der Waals surface area contributed by atoms with Crippen LogP contribution in [0, 0.1) is 35.0 Å². The molecule has 6 atom stereocenters. The summed E-state index contributed by atoms with van der Waals surface area (Å²) in [5.74, 6) is 4.30. The molecule has 0 amide bonds. The molecular weight excluding hydrogens is 292 g/mol. The lowest BCUT2D eigenvalue weighted by molar-refractivity contribution is -0.0133. The molecule has 0 spiro atoms. The summed E-state index contributed by atoms with van der Waals surface area (Å²) in [5.41, 5.74) is 2.01. The van der Waals surface area contributed by atoms with Crippen LogP contribution < -0.4 is 0 Å². The van der Waals surface area contributed by atoms with Crippen molar-refractivity contribution >= 4 is 0 Å². The van der Waals surface area contributed by atoms with Crippen molar-refractivity contribution in [1.29, 1.82) is 0 Å². The molecule has 0 saturated heterocycles. The smallest absolute Gasteiger partial charge is 0.108 e. The van der Waals surface area contributed by atoms with Gasteiger partial charge in [-0.05, 0) is 80.6 Å². The van der Waals surface area contributed by atoms with Gasteiger partial charge >= 0.3 is 0 Å². The van der Waals surface area contributed by atoms with Gasteiger partial charge in [0.15, 0.2) is 0 Å². The van der Waals surface area contributed by atoms with Crippen molar-refractivity contribution in [3.05, 3.63) is 36.1 Å². The molecule has 0 radical (unpaired) electrons. The highest BCUT2D eigenvalue weighted by Crippen LogP contribution is 2.63. The van der Waals surface area contributed by atoms with Gasteiger partial charge in [-0.25, -0.2) is 0 Å². The quantitative estimate of drug-likeness (QED) is 0.443. The molecule has 0 heterocycles. The SMILES string of the molecule is C=C(O)/C=C1/CCC2C(CCC3(C)C(CCC)CCC23)C1C=CC. The zero-order valence-corrected chi connectivity index (χ0v) is 15.9. The van der Waals surface area contributed by atoms with Crippen LogP contribution in [0.1, 0.15) is 72.1 Å². The van der Waals surface area contributed by atoms with Gasteiger partial charge in [0.05, 0.1) is 0 Å². The highest BCUT2D eigenvalue weighted by molar-refractivity contribution is 5.26. The molecule has 0 aromatic rings. The van der Waals surface area contributed by atoms with Gasteiger partial charge in [-0.3, -0.25) is 0 Å². The van der Waals surface area contributed by atoms with Crippen LogP contribution in [-0.4, -0.2) is 5.11 Å². The lowest BCUT2D eigenvalue weighted by Crippen LogP contribution is -2.45. The van der Waals surface area contributed by atoms with Crippen LogP contribution in [0.2, 0.25) is 0 Å². The summed E-state index contributed by atoms with van der Waals surface area (Å²) in [4.78, 5) is 0. The number of aliphatic hydroxyl groups is 1. The summed E-state index contributed by atoms with van der Waals surface area (Å²) in [6.45, 7) is 10.8. The van der Waals surface area contributed by atoms with E-state index in [-0.39, 0.29) is 5.76 Å². The van der Waals surface area contributed by atoms with Crippen molar-refractivity contribution in [2.75, 3.05) is 0 Å². The van der Waals surface area contributed by atoms with Crippen LogP contribution in [0.5, 0.6) is 0 Å². The summed E-state index contributed by atoms with van der Waals surface area (Å²) in [6, 6.07) is 0. The average molecular weight is 329 g/mol. The zero-order chi connectivity index (χ0) is 17.3. The Kier molecular flexibility index (Phi) is 5.27. The summed E-state index contributed by atoms with van der Waals surface area (Å²) < 4.78 is 0. The van der Waals surface area contributed by atoms with E-state index in [1.807, 2.05) is 6.08 Å². The van der Waals surface area contributed by atoms with Crippen LogP contribution in [-0.2, 0) is 0 Å². The van der Waals surface area contributed by atoms with Gasteiger partial charge in [-0.1, -0.05) is 51.0 Å². The predicted molar refractivity (Wildman–Crippen MR) is 103 cm³/mol. The number of fused-ring (bicyclic) bond motifs is 3. The Hall–Kier alpha value is -0.980. The Morgan fingerprint density at radius 1 is 1.25 bits per heavy atom. The summed E-state index contributed by atoms with van der Waals surface area (Å²) >= 11 is 0. The van der Waals surface area contributed by atoms with E-state index in [0.29, 0.717) is 11.3 Å². The van der Waals surface area contributed by atoms with Gasteiger partial charge in [-0.2, -0.15) is 0 Å². The van der Waals surface area contributed by atoms with Crippen molar-refractivity contribution in [1.82, 2.24) is 0 Å². The van der Waals surface area contributed by atoms with Gasteiger partial charge in [-0.15, -0.1) is 0 Å². The Morgan fingerprint density at radius 3 is 2.71 bits per heavy atom. The Bertz CT molecular complexity index is 528. The number of hydrogen-bond acceptors (Lipinski definition) is 1. The van der Waals surface area contributed by atoms with Crippen LogP contribution in [0.15, 0.2) is 36.1 Å². The molecule has 0 aromatic carbocycles. The van der Waals surface area contributed by atoms with Crippen LogP contribution in [0.4, 0.5) is 0 Å². The third-order valence-corrected chi connectivity index (χ3v) is 7.73. The molecule has 3 fully saturated rings. The first kappa shape index (κ1) is 17.8. The molecule has 3 aliphatic rings. The highest BCUT2D eigenvalue weighted by atomic mass is 16.3. The van der Waals surface area contributed by atoms with Crippen LogP contribution >= 0.6 is 0 Å². The molecule has 0 aromatic heterocycles. The number of allylic oxidation sites excluding steroid dienone is 4. The normalized spacial score (nSPS) is 43.8. The van der Waals surface area contributed by atoms with Crippen molar-refractivity contribution in [2.24, 2.45) is 35.0 Å². The first-order valence-corrected chi connectivity index (χ1v) is 10.2. The minimum Gasteiger partial charge on any atom is -0.509 e. The maximum absolute atomic E-state index is 9.68. The monoisotopic (exact) mass is 328 g/mol. The van der Waals surface area contributed by atoms with E-state index in [1.165, 1.54) is 50.5 Å². The average Bonchev–Trinajstić information content (AvgIpc) is 2.87. The summed E-state index contributed by atoms with van der Waals surface area (Å²) in [6.07, 6.45) is 17.5. The molecule has 24 heavy (non-hydrogen) atoms. The number of rotatable bonds is 4. The maximum atomic E-state index is 9.68. The molecule has 134 valence electrons. The second kappa shape index (κ2) is 7.10. The van der Waals surface area contributed by atoms with Crippen LogP contribution in [0.3, 0.4) is 0 Å². The molecule has 1 N–H and O–H groups in total. The fourth-order valence-corrected chi connectivity index (χ4v) is 6.74. The van der Waals surface area contributed by atoms with E-state index in [4.69, 9.17) is 0 Å². The molecule has 1 heteroatoms. The van der Waals surface area contributed by atoms with Crippen molar-refractivity contribution < 1.29 is 5.11 Å². The van der Waals surface area contributed by atoms with Crippen LogP contribution in [0.25, 0.3) is 0 Å². The van der Waals surface area contributed by atoms with E-state index < -0.39 is 0 Å². The minimum atomic E-state index is 0.225. The van der Waals surface area contributed by atoms with Gasteiger partial charge in [0.1, 0.15) is 5.76 Å². The van der Waals surface area contributed by atoms with Crippen molar-refractivity contribution in [3.8, 4) is 0 Å². The topological polar surface area (TPSA) is 20.2 Å².